The van der Waals surface area contributed by atoms with Crippen molar-refractivity contribution in [2.75, 3.05) is 7.05 Å². The molecular formula is C13H16BrN3S. The van der Waals surface area contributed by atoms with Gasteiger partial charge < -0.3 is 5.32 Å². The van der Waals surface area contributed by atoms with Gasteiger partial charge in [-0.05, 0) is 31.2 Å². The van der Waals surface area contributed by atoms with Crippen LogP contribution < -0.4 is 5.32 Å². The maximum absolute atomic E-state index is 4.27. The second-order valence-corrected chi connectivity index (χ2v) is 6.10. The molecule has 0 radical (unpaired) electrons. The van der Waals surface area contributed by atoms with E-state index in [9.17, 15) is 0 Å². The fourth-order valence-electron chi connectivity index (χ4n) is 1.80. The Morgan fingerprint density at radius 1 is 1.39 bits per heavy atom. The number of hydrogen-bond acceptors (Lipinski definition) is 4. The van der Waals surface area contributed by atoms with Crippen molar-refractivity contribution in [2.45, 2.75) is 25.8 Å². The summed E-state index contributed by atoms with van der Waals surface area (Å²) in [6.45, 7) is 2.15. The summed E-state index contributed by atoms with van der Waals surface area (Å²) in [6.07, 6.45) is 1.87. The smallest absolute Gasteiger partial charge is 0.134 e. The number of aromatic nitrogens is 2. The summed E-state index contributed by atoms with van der Waals surface area (Å²) >= 11 is 5.17. The third-order valence-corrected chi connectivity index (χ3v) is 4.31. The highest BCUT2D eigenvalue weighted by molar-refractivity contribution is 9.10. The Labute approximate surface area is 120 Å². The second kappa shape index (κ2) is 6.41. The van der Waals surface area contributed by atoms with Gasteiger partial charge in [-0.15, -0.1) is 10.2 Å². The number of halogens is 1. The highest BCUT2D eigenvalue weighted by atomic mass is 79.9. The first kappa shape index (κ1) is 13.6. The van der Waals surface area contributed by atoms with Crippen LogP contribution >= 0.6 is 27.3 Å². The Kier molecular flexibility index (Phi) is 4.86. The molecule has 0 fully saturated rings. The summed E-state index contributed by atoms with van der Waals surface area (Å²) in [5.41, 5.74) is 1.25. The van der Waals surface area contributed by atoms with Crippen LogP contribution in [0.25, 0.3) is 0 Å². The molecule has 96 valence electrons. The van der Waals surface area contributed by atoms with Gasteiger partial charge in [0.2, 0.25) is 0 Å². The topological polar surface area (TPSA) is 37.8 Å². The molecule has 2 rings (SSSR count). The Hall–Kier alpha value is -0.780. The van der Waals surface area contributed by atoms with Crippen LogP contribution in [0.4, 0.5) is 0 Å². The molecule has 0 aliphatic carbocycles. The van der Waals surface area contributed by atoms with Gasteiger partial charge in [-0.25, -0.2) is 0 Å². The highest BCUT2D eigenvalue weighted by Crippen LogP contribution is 2.23. The molecule has 1 aromatic carbocycles. The van der Waals surface area contributed by atoms with E-state index in [0.717, 1.165) is 27.3 Å². The van der Waals surface area contributed by atoms with Gasteiger partial charge >= 0.3 is 0 Å². The molecule has 1 N–H and O–H groups in total. The SMILES string of the molecule is CCC(NC)c1nnc(Cc2cccc(Br)c2)s1. The minimum absolute atomic E-state index is 0.318. The molecule has 5 heteroatoms. The van der Waals surface area contributed by atoms with E-state index in [1.165, 1.54) is 5.56 Å². The second-order valence-electron chi connectivity index (χ2n) is 4.09. The molecule has 3 nitrogen and oxygen atoms in total. The van der Waals surface area contributed by atoms with Crippen LogP contribution in [0.15, 0.2) is 28.7 Å². The Bertz CT molecular complexity index is 508. The van der Waals surface area contributed by atoms with Crippen molar-refractivity contribution in [3.8, 4) is 0 Å². The largest absolute Gasteiger partial charge is 0.311 e. The number of benzene rings is 1. The Balaban J connectivity index is 2.11. The van der Waals surface area contributed by atoms with Crippen molar-refractivity contribution in [3.05, 3.63) is 44.3 Å². The van der Waals surface area contributed by atoms with Crippen LogP contribution in [0.5, 0.6) is 0 Å². The van der Waals surface area contributed by atoms with Crippen molar-refractivity contribution < 1.29 is 0 Å². The molecule has 0 saturated carbocycles. The fraction of sp³-hybridized carbons (Fsp3) is 0.385. The predicted octanol–water partition coefficient (Wildman–Crippen LogP) is 3.56. The molecule has 0 spiro atoms. The molecule has 0 saturated heterocycles. The molecular weight excluding hydrogens is 310 g/mol. The van der Waals surface area contributed by atoms with Crippen LogP contribution in [0.3, 0.4) is 0 Å². The first-order chi connectivity index (χ1) is 8.72. The first-order valence-corrected chi connectivity index (χ1v) is 7.58. The molecule has 0 amide bonds. The standard InChI is InChI=1S/C13H16BrN3S/c1-3-11(15-2)13-17-16-12(18-13)8-9-5-4-6-10(14)7-9/h4-7,11,15H,3,8H2,1-2H3. The number of hydrogen-bond donors (Lipinski definition) is 1. The summed E-state index contributed by atoms with van der Waals surface area (Å²) in [6, 6.07) is 8.63. The maximum atomic E-state index is 4.27. The van der Waals surface area contributed by atoms with Crippen molar-refractivity contribution in [1.82, 2.24) is 15.5 Å². The third-order valence-electron chi connectivity index (χ3n) is 2.78. The first-order valence-electron chi connectivity index (χ1n) is 5.97. The molecule has 1 aromatic heterocycles. The molecule has 0 aliphatic heterocycles. The minimum Gasteiger partial charge on any atom is -0.311 e. The van der Waals surface area contributed by atoms with Gasteiger partial charge in [-0.3, -0.25) is 0 Å². The van der Waals surface area contributed by atoms with Crippen molar-refractivity contribution in [1.29, 1.82) is 0 Å². The van der Waals surface area contributed by atoms with Gasteiger partial charge in [0.1, 0.15) is 10.0 Å². The minimum atomic E-state index is 0.318. The molecule has 2 aromatic rings. The molecule has 0 aliphatic rings. The van der Waals surface area contributed by atoms with Gasteiger partial charge in [-0.1, -0.05) is 46.3 Å². The molecule has 1 unspecified atom stereocenters. The number of nitrogens with zero attached hydrogens (tertiary/aromatic N) is 2. The summed E-state index contributed by atoms with van der Waals surface area (Å²) < 4.78 is 1.10. The number of nitrogens with one attached hydrogen (secondary N) is 1. The third kappa shape index (κ3) is 3.37. The lowest BCUT2D eigenvalue weighted by Crippen LogP contribution is -2.14. The highest BCUT2D eigenvalue weighted by Gasteiger charge is 2.13. The zero-order chi connectivity index (χ0) is 13.0. The van der Waals surface area contributed by atoms with Crippen molar-refractivity contribution >= 4 is 27.3 Å². The molecule has 18 heavy (non-hydrogen) atoms. The van der Waals surface area contributed by atoms with Crippen LogP contribution in [0.2, 0.25) is 0 Å². The predicted molar refractivity (Wildman–Crippen MR) is 78.9 cm³/mol. The van der Waals surface area contributed by atoms with Gasteiger partial charge in [0.15, 0.2) is 0 Å². The van der Waals surface area contributed by atoms with E-state index in [1.807, 2.05) is 19.2 Å². The summed E-state index contributed by atoms with van der Waals surface area (Å²) in [7, 11) is 1.96. The molecule has 1 atom stereocenters. The summed E-state index contributed by atoms with van der Waals surface area (Å²) in [4.78, 5) is 0. The molecule has 0 bridgehead atoms. The van der Waals surface area contributed by atoms with Gasteiger partial charge in [0, 0.05) is 10.9 Å². The van der Waals surface area contributed by atoms with Gasteiger partial charge in [0.25, 0.3) is 0 Å². The van der Waals surface area contributed by atoms with Crippen molar-refractivity contribution in [3.63, 3.8) is 0 Å². The Morgan fingerprint density at radius 3 is 2.89 bits per heavy atom. The summed E-state index contributed by atoms with van der Waals surface area (Å²) in [5, 5.41) is 13.9. The number of rotatable bonds is 5. The monoisotopic (exact) mass is 325 g/mol. The zero-order valence-electron chi connectivity index (χ0n) is 10.5. The maximum Gasteiger partial charge on any atom is 0.134 e. The van der Waals surface area contributed by atoms with Crippen LogP contribution in [-0.4, -0.2) is 17.2 Å². The van der Waals surface area contributed by atoms with E-state index in [1.54, 1.807) is 11.3 Å². The zero-order valence-corrected chi connectivity index (χ0v) is 12.9. The molecule has 1 heterocycles. The van der Waals surface area contributed by atoms with Gasteiger partial charge in [-0.2, -0.15) is 0 Å². The van der Waals surface area contributed by atoms with E-state index in [-0.39, 0.29) is 0 Å². The summed E-state index contributed by atoms with van der Waals surface area (Å²) in [5.74, 6) is 0. The fourth-order valence-corrected chi connectivity index (χ4v) is 3.32. The lowest BCUT2D eigenvalue weighted by atomic mass is 10.2. The van der Waals surface area contributed by atoms with Crippen LogP contribution in [-0.2, 0) is 6.42 Å². The van der Waals surface area contributed by atoms with E-state index >= 15 is 0 Å². The van der Waals surface area contributed by atoms with Crippen molar-refractivity contribution in [2.24, 2.45) is 0 Å². The quantitative estimate of drug-likeness (QED) is 0.913. The van der Waals surface area contributed by atoms with Crippen LogP contribution in [0.1, 0.15) is 35.0 Å². The van der Waals surface area contributed by atoms with E-state index in [2.05, 4.69) is 50.5 Å². The van der Waals surface area contributed by atoms with Crippen LogP contribution in [0, 0.1) is 0 Å². The average molecular weight is 326 g/mol. The lowest BCUT2D eigenvalue weighted by Gasteiger charge is -2.08. The Morgan fingerprint density at radius 2 is 2.22 bits per heavy atom. The van der Waals surface area contributed by atoms with E-state index in [4.69, 9.17) is 0 Å². The van der Waals surface area contributed by atoms with E-state index in [0.29, 0.717) is 6.04 Å². The van der Waals surface area contributed by atoms with E-state index < -0.39 is 0 Å². The average Bonchev–Trinajstić information content (AvgIpc) is 2.79. The van der Waals surface area contributed by atoms with Gasteiger partial charge in [0.05, 0.1) is 6.04 Å². The lowest BCUT2D eigenvalue weighted by molar-refractivity contribution is 0.568. The normalized spacial score (nSPS) is 12.6.